The minimum Gasteiger partial charge on any atom is -0.495 e. The van der Waals surface area contributed by atoms with Crippen LogP contribution in [0.5, 0.6) is 11.5 Å². The summed E-state index contributed by atoms with van der Waals surface area (Å²) in [6.07, 6.45) is 3.53. The molecule has 3 N–H and O–H groups in total. The van der Waals surface area contributed by atoms with Crippen LogP contribution in [0, 0.1) is 5.92 Å². The minimum absolute atomic E-state index is 0.0694. The van der Waals surface area contributed by atoms with E-state index in [0.29, 0.717) is 28.6 Å². The molecule has 0 radical (unpaired) electrons. The third-order valence-electron chi connectivity index (χ3n) is 3.91. The normalized spacial score (nSPS) is 21.1. The van der Waals surface area contributed by atoms with Crippen molar-refractivity contribution in [3.8, 4) is 11.5 Å². The first-order chi connectivity index (χ1) is 10.0. The summed E-state index contributed by atoms with van der Waals surface area (Å²) in [5, 5.41) is 3.29. The molecule has 6 heteroatoms. The van der Waals surface area contributed by atoms with E-state index in [0.717, 1.165) is 19.3 Å². The monoisotopic (exact) mass is 312 g/mol. The molecule has 1 fully saturated rings. The quantitative estimate of drug-likeness (QED) is 0.877. The topological polar surface area (TPSA) is 73.6 Å². The van der Waals surface area contributed by atoms with Crippen molar-refractivity contribution in [1.82, 2.24) is 0 Å². The summed E-state index contributed by atoms with van der Waals surface area (Å²) in [7, 11) is 3.05. The van der Waals surface area contributed by atoms with Gasteiger partial charge in [0, 0.05) is 24.6 Å². The molecule has 1 aromatic rings. The van der Waals surface area contributed by atoms with Crippen molar-refractivity contribution in [2.24, 2.45) is 11.7 Å². The molecule has 0 aromatic heterocycles. The third kappa shape index (κ3) is 3.80. The summed E-state index contributed by atoms with van der Waals surface area (Å²) in [5.41, 5.74) is 6.55. The molecule has 2 atom stereocenters. The Hall–Kier alpha value is -1.46. The Morgan fingerprint density at radius 1 is 1.33 bits per heavy atom. The number of carbonyl (C=O) groups excluding carboxylic acids is 1. The predicted molar refractivity (Wildman–Crippen MR) is 83.1 cm³/mol. The van der Waals surface area contributed by atoms with E-state index in [1.807, 2.05) is 0 Å². The van der Waals surface area contributed by atoms with Gasteiger partial charge in [-0.2, -0.15) is 0 Å². The van der Waals surface area contributed by atoms with Crippen molar-refractivity contribution < 1.29 is 14.3 Å². The molecule has 1 aliphatic rings. The maximum Gasteiger partial charge on any atom is 0.224 e. The van der Waals surface area contributed by atoms with Gasteiger partial charge in [0.2, 0.25) is 5.91 Å². The lowest BCUT2D eigenvalue weighted by Crippen LogP contribution is -2.28. The van der Waals surface area contributed by atoms with Crippen molar-refractivity contribution in [3.05, 3.63) is 17.2 Å². The van der Waals surface area contributed by atoms with Crippen LogP contribution in [0.25, 0.3) is 0 Å². The lowest BCUT2D eigenvalue weighted by Gasteiger charge is -2.16. The summed E-state index contributed by atoms with van der Waals surface area (Å²) in [6.45, 7) is 0. The van der Waals surface area contributed by atoms with Gasteiger partial charge in [0.15, 0.2) is 0 Å². The van der Waals surface area contributed by atoms with E-state index in [1.54, 1.807) is 12.1 Å². The molecule has 1 aromatic carbocycles. The number of hydrogen-bond donors (Lipinski definition) is 2. The summed E-state index contributed by atoms with van der Waals surface area (Å²) in [4.78, 5) is 12.2. The zero-order valence-electron chi connectivity index (χ0n) is 12.3. The van der Waals surface area contributed by atoms with E-state index in [4.69, 9.17) is 26.8 Å². The smallest absolute Gasteiger partial charge is 0.224 e. The predicted octanol–water partition coefficient (Wildman–Crippen LogP) is 2.81. The molecule has 0 spiro atoms. The van der Waals surface area contributed by atoms with Crippen LogP contribution >= 0.6 is 11.6 Å². The molecular formula is C15H21ClN2O3. The molecule has 1 aliphatic carbocycles. The van der Waals surface area contributed by atoms with Gasteiger partial charge < -0.3 is 20.5 Å². The van der Waals surface area contributed by atoms with Gasteiger partial charge in [-0.05, 0) is 18.8 Å². The Kier molecular flexibility index (Phi) is 5.31. The van der Waals surface area contributed by atoms with Crippen molar-refractivity contribution >= 4 is 23.2 Å². The number of ether oxygens (including phenoxy) is 2. The molecule has 116 valence electrons. The van der Waals surface area contributed by atoms with Gasteiger partial charge in [-0.25, -0.2) is 0 Å². The van der Waals surface area contributed by atoms with Crippen molar-refractivity contribution in [1.29, 1.82) is 0 Å². The van der Waals surface area contributed by atoms with Gasteiger partial charge >= 0.3 is 0 Å². The Balaban J connectivity index is 2.09. The van der Waals surface area contributed by atoms with Gasteiger partial charge in [-0.3, -0.25) is 4.79 Å². The van der Waals surface area contributed by atoms with Gasteiger partial charge in [0.05, 0.1) is 24.9 Å². The van der Waals surface area contributed by atoms with E-state index in [9.17, 15) is 4.79 Å². The second kappa shape index (κ2) is 7.00. The summed E-state index contributed by atoms with van der Waals surface area (Å²) >= 11 is 6.04. The highest BCUT2D eigenvalue weighted by molar-refractivity contribution is 6.32. The largest absolute Gasteiger partial charge is 0.495 e. The van der Waals surface area contributed by atoms with E-state index >= 15 is 0 Å². The fraction of sp³-hybridized carbons (Fsp3) is 0.533. The maximum absolute atomic E-state index is 12.2. The third-order valence-corrected chi connectivity index (χ3v) is 4.21. The number of rotatable bonds is 5. The zero-order valence-corrected chi connectivity index (χ0v) is 13.1. The number of halogens is 1. The van der Waals surface area contributed by atoms with Crippen LogP contribution in [0.15, 0.2) is 12.1 Å². The minimum atomic E-state index is -0.0694. The van der Waals surface area contributed by atoms with Gasteiger partial charge in [-0.15, -0.1) is 0 Å². The van der Waals surface area contributed by atoms with Crippen LogP contribution in [-0.2, 0) is 4.79 Å². The molecule has 1 amide bonds. The lowest BCUT2D eigenvalue weighted by molar-refractivity contribution is -0.117. The number of anilines is 1. The fourth-order valence-electron chi connectivity index (χ4n) is 2.72. The summed E-state index contributed by atoms with van der Waals surface area (Å²) in [6, 6.07) is 3.41. The lowest BCUT2D eigenvalue weighted by atomic mass is 10.00. The van der Waals surface area contributed by atoms with E-state index in [-0.39, 0.29) is 17.9 Å². The summed E-state index contributed by atoms with van der Waals surface area (Å²) < 4.78 is 10.4. The number of carbonyl (C=O) groups is 1. The van der Waals surface area contributed by atoms with Crippen LogP contribution in [0.1, 0.15) is 25.7 Å². The van der Waals surface area contributed by atoms with Crippen molar-refractivity contribution in [3.63, 3.8) is 0 Å². The SMILES string of the molecule is COc1cc(NC(=O)C[C@@H]2CCC[C@H]2N)c(OC)cc1Cl. The summed E-state index contributed by atoms with van der Waals surface area (Å²) in [5.74, 6) is 1.18. The van der Waals surface area contributed by atoms with Crippen LogP contribution in [0.2, 0.25) is 5.02 Å². The average molecular weight is 313 g/mol. The molecule has 0 heterocycles. The number of amides is 1. The van der Waals surface area contributed by atoms with E-state index in [2.05, 4.69) is 5.32 Å². The maximum atomic E-state index is 12.2. The highest BCUT2D eigenvalue weighted by atomic mass is 35.5. The first-order valence-electron chi connectivity index (χ1n) is 7.02. The van der Waals surface area contributed by atoms with Crippen LogP contribution in [0.3, 0.4) is 0 Å². The van der Waals surface area contributed by atoms with Gasteiger partial charge in [0.25, 0.3) is 0 Å². The van der Waals surface area contributed by atoms with Gasteiger partial charge in [0.1, 0.15) is 11.5 Å². The first kappa shape index (κ1) is 15.9. The zero-order chi connectivity index (χ0) is 15.4. The molecule has 2 rings (SSSR count). The van der Waals surface area contributed by atoms with Crippen molar-refractivity contribution in [2.75, 3.05) is 19.5 Å². The highest BCUT2D eigenvalue weighted by Gasteiger charge is 2.26. The molecule has 0 bridgehead atoms. The molecule has 0 unspecified atom stereocenters. The van der Waals surface area contributed by atoms with Crippen LogP contribution in [0.4, 0.5) is 5.69 Å². The molecular weight excluding hydrogens is 292 g/mol. The number of hydrogen-bond acceptors (Lipinski definition) is 4. The second-order valence-electron chi connectivity index (χ2n) is 5.29. The number of nitrogens with one attached hydrogen (secondary N) is 1. The number of nitrogens with two attached hydrogens (primary N) is 1. The molecule has 5 nitrogen and oxygen atoms in total. The number of benzene rings is 1. The first-order valence-corrected chi connectivity index (χ1v) is 7.40. The van der Waals surface area contributed by atoms with Crippen molar-refractivity contribution in [2.45, 2.75) is 31.7 Å². The Bertz CT molecular complexity index is 522. The molecule has 0 aliphatic heterocycles. The molecule has 0 saturated heterocycles. The van der Waals surface area contributed by atoms with Crippen LogP contribution < -0.4 is 20.5 Å². The van der Waals surface area contributed by atoms with E-state index in [1.165, 1.54) is 14.2 Å². The Labute approximate surface area is 129 Å². The highest BCUT2D eigenvalue weighted by Crippen LogP contribution is 2.36. The average Bonchev–Trinajstić information content (AvgIpc) is 2.85. The van der Waals surface area contributed by atoms with Crippen LogP contribution in [-0.4, -0.2) is 26.2 Å². The van der Waals surface area contributed by atoms with Gasteiger partial charge in [-0.1, -0.05) is 18.0 Å². The standard InChI is InChI=1S/C15H21ClN2O3/c1-20-13-8-12(14(21-2)7-10(13)16)18-15(19)6-9-4-3-5-11(9)17/h7-9,11H,3-6,17H2,1-2H3,(H,18,19)/t9-,11+/m0/s1. The number of methoxy groups -OCH3 is 2. The fourth-order valence-corrected chi connectivity index (χ4v) is 2.95. The Morgan fingerprint density at radius 2 is 2.05 bits per heavy atom. The second-order valence-corrected chi connectivity index (χ2v) is 5.70. The molecule has 21 heavy (non-hydrogen) atoms. The molecule has 1 saturated carbocycles. The Morgan fingerprint density at radius 3 is 2.62 bits per heavy atom. The van der Waals surface area contributed by atoms with E-state index < -0.39 is 0 Å².